The van der Waals surface area contributed by atoms with Gasteiger partial charge in [-0.15, -0.1) is 0 Å². The number of rotatable bonds is 0. The van der Waals surface area contributed by atoms with E-state index in [1.807, 2.05) is 0 Å². The van der Waals surface area contributed by atoms with E-state index in [2.05, 4.69) is 42.5 Å². The highest BCUT2D eigenvalue weighted by molar-refractivity contribution is 5.87. The number of allylic oxidation sites excluding steroid dienone is 1. The van der Waals surface area contributed by atoms with E-state index in [0.717, 1.165) is 12.1 Å². The van der Waals surface area contributed by atoms with Crippen LogP contribution >= 0.6 is 0 Å². The summed E-state index contributed by atoms with van der Waals surface area (Å²) in [5.41, 5.74) is 9.40. The van der Waals surface area contributed by atoms with Gasteiger partial charge in [-0.3, -0.25) is 0 Å². The van der Waals surface area contributed by atoms with Gasteiger partial charge in [0.05, 0.1) is 0 Å². The van der Waals surface area contributed by atoms with Gasteiger partial charge in [-0.05, 0) is 34.0 Å². The predicted octanol–water partition coefficient (Wildman–Crippen LogP) is 2.70. The summed E-state index contributed by atoms with van der Waals surface area (Å²) in [5, 5.41) is 2.59. The first-order valence-electron chi connectivity index (χ1n) is 4.81. The molecular weight excluding hydrogens is 170 g/mol. The first kappa shape index (κ1) is 7.63. The topological polar surface area (TPSA) is 26.0 Å². The molecule has 0 heterocycles. The van der Waals surface area contributed by atoms with Gasteiger partial charge in [0.15, 0.2) is 0 Å². The largest absolute Gasteiger partial charge is 0.402 e. The van der Waals surface area contributed by atoms with Crippen molar-refractivity contribution in [1.82, 2.24) is 0 Å². The van der Waals surface area contributed by atoms with Crippen LogP contribution in [0.3, 0.4) is 0 Å². The molecule has 1 aliphatic rings. The van der Waals surface area contributed by atoms with E-state index in [-0.39, 0.29) is 0 Å². The summed E-state index contributed by atoms with van der Waals surface area (Å²) in [4.78, 5) is 0. The van der Waals surface area contributed by atoms with Crippen molar-refractivity contribution < 1.29 is 0 Å². The van der Waals surface area contributed by atoms with Gasteiger partial charge in [0.2, 0.25) is 0 Å². The minimum absolute atomic E-state index is 0.903. The van der Waals surface area contributed by atoms with E-state index in [9.17, 15) is 0 Å². The quantitative estimate of drug-likeness (QED) is 0.664. The Hall–Kier alpha value is -1.76. The van der Waals surface area contributed by atoms with Crippen molar-refractivity contribution in [3.05, 3.63) is 53.2 Å². The summed E-state index contributed by atoms with van der Waals surface area (Å²) in [7, 11) is 0. The third kappa shape index (κ3) is 1.02. The van der Waals surface area contributed by atoms with Crippen LogP contribution < -0.4 is 5.73 Å². The standard InChI is InChI=1S/C13H11N/c14-13-7-11-5-9-3-1-2-4-10(9)6-12(11)8-13/h1-7H,8,14H2. The Balaban J connectivity index is 2.33. The van der Waals surface area contributed by atoms with Crippen molar-refractivity contribution in [2.75, 3.05) is 0 Å². The summed E-state index contributed by atoms with van der Waals surface area (Å²) in [5.74, 6) is 0. The molecular formula is C13H11N. The Bertz CT molecular complexity index is 538. The Labute approximate surface area is 82.9 Å². The maximum absolute atomic E-state index is 5.81. The second kappa shape index (κ2) is 2.61. The van der Waals surface area contributed by atoms with Crippen LogP contribution in [0.1, 0.15) is 11.1 Å². The van der Waals surface area contributed by atoms with Crippen LogP contribution in [0.15, 0.2) is 42.1 Å². The molecule has 0 radical (unpaired) electrons. The first-order valence-corrected chi connectivity index (χ1v) is 4.81. The van der Waals surface area contributed by atoms with E-state index in [0.29, 0.717) is 0 Å². The molecule has 68 valence electrons. The average Bonchev–Trinajstić information content (AvgIpc) is 2.53. The molecule has 2 N–H and O–H groups in total. The third-order valence-corrected chi connectivity index (χ3v) is 2.74. The van der Waals surface area contributed by atoms with Crippen LogP contribution in [-0.2, 0) is 6.42 Å². The molecule has 14 heavy (non-hydrogen) atoms. The average molecular weight is 181 g/mol. The molecule has 1 aliphatic carbocycles. The maximum atomic E-state index is 5.81. The number of nitrogens with two attached hydrogens (primary N) is 1. The Morgan fingerprint density at radius 2 is 1.71 bits per heavy atom. The van der Waals surface area contributed by atoms with Crippen LogP contribution in [-0.4, -0.2) is 0 Å². The van der Waals surface area contributed by atoms with Crippen LogP contribution in [0, 0.1) is 0 Å². The van der Waals surface area contributed by atoms with Gasteiger partial charge in [-0.2, -0.15) is 0 Å². The number of benzene rings is 2. The second-order valence-electron chi connectivity index (χ2n) is 3.79. The fourth-order valence-corrected chi connectivity index (χ4v) is 2.06. The zero-order valence-electron chi connectivity index (χ0n) is 7.83. The lowest BCUT2D eigenvalue weighted by Gasteiger charge is -2.02. The Morgan fingerprint density at radius 1 is 1.00 bits per heavy atom. The van der Waals surface area contributed by atoms with Crippen molar-refractivity contribution in [2.24, 2.45) is 5.73 Å². The lowest BCUT2D eigenvalue weighted by Crippen LogP contribution is -1.94. The molecule has 1 nitrogen and oxygen atoms in total. The van der Waals surface area contributed by atoms with Crippen LogP contribution in [0.4, 0.5) is 0 Å². The zero-order chi connectivity index (χ0) is 9.54. The SMILES string of the molecule is NC1=Cc2cc3ccccc3cc2C1. The van der Waals surface area contributed by atoms with E-state index in [1.165, 1.54) is 21.9 Å². The van der Waals surface area contributed by atoms with Gasteiger partial charge >= 0.3 is 0 Å². The monoisotopic (exact) mass is 181 g/mol. The highest BCUT2D eigenvalue weighted by Gasteiger charge is 2.10. The summed E-state index contributed by atoms with van der Waals surface area (Å²) >= 11 is 0. The molecule has 0 amide bonds. The molecule has 0 saturated heterocycles. The number of fused-ring (bicyclic) bond motifs is 2. The van der Waals surface area contributed by atoms with Crippen molar-refractivity contribution in [1.29, 1.82) is 0 Å². The lowest BCUT2D eigenvalue weighted by molar-refractivity contribution is 1.16. The summed E-state index contributed by atoms with van der Waals surface area (Å²) in [6.07, 6.45) is 2.97. The molecule has 0 spiro atoms. The molecule has 2 aromatic rings. The minimum atomic E-state index is 0.903. The summed E-state index contributed by atoms with van der Waals surface area (Å²) in [6.45, 7) is 0. The molecule has 3 rings (SSSR count). The van der Waals surface area contributed by atoms with Gasteiger partial charge in [-0.1, -0.05) is 30.3 Å². The number of hydrogen-bond donors (Lipinski definition) is 1. The Morgan fingerprint density at radius 3 is 2.50 bits per heavy atom. The van der Waals surface area contributed by atoms with Crippen molar-refractivity contribution in [2.45, 2.75) is 6.42 Å². The van der Waals surface area contributed by atoms with Gasteiger partial charge < -0.3 is 5.73 Å². The van der Waals surface area contributed by atoms with Gasteiger partial charge in [0, 0.05) is 12.1 Å². The van der Waals surface area contributed by atoms with Crippen molar-refractivity contribution in [3.8, 4) is 0 Å². The summed E-state index contributed by atoms with van der Waals surface area (Å²) < 4.78 is 0. The molecule has 0 unspecified atom stereocenters. The molecule has 0 aromatic heterocycles. The molecule has 0 atom stereocenters. The lowest BCUT2D eigenvalue weighted by atomic mass is 10.0. The van der Waals surface area contributed by atoms with Crippen molar-refractivity contribution >= 4 is 16.8 Å². The minimum Gasteiger partial charge on any atom is -0.402 e. The fourth-order valence-electron chi connectivity index (χ4n) is 2.06. The third-order valence-electron chi connectivity index (χ3n) is 2.74. The molecule has 0 aliphatic heterocycles. The van der Waals surface area contributed by atoms with Gasteiger partial charge in [0.1, 0.15) is 0 Å². The molecule has 1 heteroatoms. The van der Waals surface area contributed by atoms with Crippen LogP contribution in [0.25, 0.3) is 16.8 Å². The van der Waals surface area contributed by atoms with E-state index in [1.54, 1.807) is 0 Å². The van der Waals surface area contributed by atoms with E-state index in [4.69, 9.17) is 5.73 Å². The van der Waals surface area contributed by atoms with Crippen molar-refractivity contribution in [3.63, 3.8) is 0 Å². The highest BCUT2D eigenvalue weighted by Crippen LogP contribution is 2.27. The summed E-state index contributed by atoms with van der Waals surface area (Å²) in [6, 6.07) is 12.9. The van der Waals surface area contributed by atoms with E-state index >= 15 is 0 Å². The second-order valence-corrected chi connectivity index (χ2v) is 3.79. The Kier molecular flexibility index (Phi) is 1.42. The van der Waals surface area contributed by atoms with Crippen LogP contribution in [0.2, 0.25) is 0 Å². The molecule has 0 bridgehead atoms. The van der Waals surface area contributed by atoms with E-state index < -0.39 is 0 Å². The molecule has 2 aromatic carbocycles. The van der Waals surface area contributed by atoms with Crippen LogP contribution in [0.5, 0.6) is 0 Å². The van der Waals surface area contributed by atoms with Gasteiger partial charge in [0.25, 0.3) is 0 Å². The normalized spacial score (nSPS) is 14.1. The molecule has 0 fully saturated rings. The molecule has 0 saturated carbocycles. The highest BCUT2D eigenvalue weighted by atomic mass is 14.6. The number of hydrogen-bond acceptors (Lipinski definition) is 1. The maximum Gasteiger partial charge on any atom is 0.0131 e. The zero-order valence-corrected chi connectivity index (χ0v) is 7.83. The fraction of sp³-hybridized carbons (Fsp3) is 0.0769. The predicted molar refractivity (Wildman–Crippen MR) is 59.8 cm³/mol. The first-order chi connectivity index (χ1) is 6.83. The van der Waals surface area contributed by atoms with Gasteiger partial charge in [-0.25, -0.2) is 0 Å². The smallest absolute Gasteiger partial charge is 0.0131 e.